The normalized spacial score (nSPS) is 12.2. The predicted octanol–water partition coefficient (Wildman–Crippen LogP) is -0.914. The lowest BCUT2D eigenvalue weighted by Crippen LogP contribution is -2.38. The van der Waals surface area contributed by atoms with Crippen LogP contribution in [0.25, 0.3) is 0 Å². The van der Waals surface area contributed by atoms with Crippen molar-refractivity contribution in [3.8, 4) is 0 Å². The summed E-state index contributed by atoms with van der Waals surface area (Å²) in [5.41, 5.74) is 5.26. The predicted molar refractivity (Wildman–Crippen MR) is 38.3 cm³/mol. The molecule has 5 nitrogen and oxygen atoms in total. The Morgan fingerprint density at radius 2 is 2.18 bits per heavy atom. The van der Waals surface area contributed by atoms with Crippen molar-refractivity contribution in [1.82, 2.24) is 5.32 Å². The fourth-order valence-corrected chi connectivity index (χ4v) is 0.541. The zero-order valence-corrected chi connectivity index (χ0v) is 6.04. The van der Waals surface area contributed by atoms with E-state index in [-0.39, 0.29) is 12.8 Å². The van der Waals surface area contributed by atoms with E-state index in [2.05, 4.69) is 12.4 Å². The fourth-order valence-electron chi connectivity index (χ4n) is 0.541. The summed E-state index contributed by atoms with van der Waals surface area (Å²) in [7, 11) is 3.11. The Kier molecular flexibility index (Phi) is 4.21. The number of carbonyl (C=O) groups is 2. The van der Waals surface area contributed by atoms with Crippen molar-refractivity contribution in [2.45, 2.75) is 18.9 Å². The van der Waals surface area contributed by atoms with Crippen LogP contribution in [0.2, 0.25) is 0 Å². The minimum Gasteiger partial charge on any atom is -0.481 e. The summed E-state index contributed by atoms with van der Waals surface area (Å²) in [5.74, 6) is -1.40. The van der Waals surface area contributed by atoms with Crippen molar-refractivity contribution >= 4 is 11.9 Å². The highest BCUT2D eigenvalue weighted by atomic mass is 16.4. The number of aliphatic carboxylic acids is 1. The first-order valence-corrected chi connectivity index (χ1v) is 3.12. The third-order valence-electron chi connectivity index (χ3n) is 1.18. The van der Waals surface area contributed by atoms with Gasteiger partial charge in [0.05, 0.1) is 6.04 Å². The Bertz CT molecular complexity index is 158. The van der Waals surface area contributed by atoms with Gasteiger partial charge in [-0.1, -0.05) is 0 Å². The molecule has 63 valence electrons. The topological polar surface area (TPSA) is 92.4 Å². The van der Waals surface area contributed by atoms with Crippen LogP contribution in [0, 0.1) is 7.05 Å². The van der Waals surface area contributed by atoms with Crippen molar-refractivity contribution in [3.05, 3.63) is 7.05 Å². The summed E-state index contributed by atoms with van der Waals surface area (Å²) in [4.78, 5) is 20.6. The average molecular weight is 159 g/mol. The first kappa shape index (κ1) is 9.90. The monoisotopic (exact) mass is 159 g/mol. The smallest absolute Gasteiger partial charge is 0.303 e. The molecule has 1 unspecified atom stereocenters. The minimum atomic E-state index is -0.961. The second kappa shape index (κ2) is 4.68. The Morgan fingerprint density at radius 1 is 1.64 bits per heavy atom. The summed E-state index contributed by atoms with van der Waals surface area (Å²) < 4.78 is 0. The third-order valence-corrected chi connectivity index (χ3v) is 1.18. The Balaban J connectivity index is 3.60. The standard InChI is InChI=1S/C6H11N2O3/c1-8-6(11)4(7)2-3-5(9)10/h4H,1-3,7H2,(H,8,11)(H,9,10). The van der Waals surface area contributed by atoms with Crippen molar-refractivity contribution in [2.75, 3.05) is 0 Å². The zero-order chi connectivity index (χ0) is 8.85. The summed E-state index contributed by atoms with van der Waals surface area (Å²) in [6.07, 6.45) is 0.0330. The lowest BCUT2D eigenvalue weighted by atomic mass is 10.1. The van der Waals surface area contributed by atoms with E-state index in [0.29, 0.717) is 0 Å². The maximum atomic E-state index is 10.6. The van der Waals surface area contributed by atoms with Crippen molar-refractivity contribution in [2.24, 2.45) is 5.73 Å². The van der Waals surface area contributed by atoms with Gasteiger partial charge in [-0.25, -0.2) is 0 Å². The Morgan fingerprint density at radius 3 is 2.55 bits per heavy atom. The molecule has 0 spiro atoms. The molecule has 1 radical (unpaired) electrons. The fraction of sp³-hybridized carbons (Fsp3) is 0.500. The molecular weight excluding hydrogens is 148 g/mol. The van der Waals surface area contributed by atoms with Gasteiger partial charge < -0.3 is 16.2 Å². The number of carboxylic acids is 1. The zero-order valence-electron chi connectivity index (χ0n) is 6.04. The number of hydrogen-bond donors (Lipinski definition) is 3. The molecule has 4 N–H and O–H groups in total. The molecule has 0 heterocycles. The van der Waals surface area contributed by atoms with Gasteiger partial charge in [-0.2, -0.15) is 0 Å². The Labute approximate surface area is 64.6 Å². The molecule has 0 saturated heterocycles. The number of nitrogens with one attached hydrogen (secondary N) is 1. The first-order valence-electron chi connectivity index (χ1n) is 3.12. The molecule has 0 aromatic rings. The summed E-state index contributed by atoms with van der Waals surface area (Å²) in [5, 5.41) is 10.3. The highest BCUT2D eigenvalue weighted by Gasteiger charge is 2.12. The molecule has 11 heavy (non-hydrogen) atoms. The van der Waals surface area contributed by atoms with Gasteiger partial charge in [-0.05, 0) is 6.42 Å². The van der Waals surface area contributed by atoms with Crippen molar-refractivity contribution < 1.29 is 14.7 Å². The first-order chi connectivity index (χ1) is 5.07. The van der Waals surface area contributed by atoms with Crippen LogP contribution >= 0.6 is 0 Å². The molecule has 0 aliphatic heterocycles. The molecule has 0 bridgehead atoms. The van der Waals surface area contributed by atoms with E-state index in [0.717, 1.165) is 0 Å². The van der Waals surface area contributed by atoms with Crippen molar-refractivity contribution in [1.29, 1.82) is 0 Å². The lowest BCUT2D eigenvalue weighted by molar-refractivity contribution is -0.137. The highest BCUT2D eigenvalue weighted by molar-refractivity contribution is 5.82. The Hall–Kier alpha value is -1.10. The molecule has 0 aliphatic carbocycles. The largest absolute Gasteiger partial charge is 0.481 e. The van der Waals surface area contributed by atoms with Crippen LogP contribution < -0.4 is 11.1 Å². The third kappa shape index (κ3) is 4.32. The van der Waals surface area contributed by atoms with Gasteiger partial charge in [0.15, 0.2) is 0 Å². The van der Waals surface area contributed by atoms with Gasteiger partial charge in [-0.15, -0.1) is 0 Å². The molecule has 0 aromatic carbocycles. The number of carbonyl (C=O) groups excluding carboxylic acids is 1. The van der Waals surface area contributed by atoms with Gasteiger partial charge >= 0.3 is 5.97 Å². The second-order valence-electron chi connectivity index (χ2n) is 2.08. The minimum absolute atomic E-state index is 0.103. The van der Waals surface area contributed by atoms with E-state index >= 15 is 0 Å². The van der Waals surface area contributed by atoms with Crippen LogP contribution in [0.3, 0.4) is 0 Å². The molecule has 0 fully saturated rings. The molecule has 5 heteroatoms. The van der Waals surface area contributed by atoms with Gasteiger partial charge in [0.25, 0.3) is 0 Å². The second-order valence-corrected chi connectivity index (χ2v) is 2.08. The van der Waals surface area contributed by atoms with Crippen LogP contribution in [-0.2, 0) is 9.59 Å². The van der Waals surface area contributed by atoms with Crippen LogP contribution in [-0.4, -0.2) is 23.0 Å². The number of hydrogen-bond acceptors (Lipinski definition) is 3. The lowest BCUT2D eigenvalue weighted by Gasteiger charge is -2.06. The average Bonchev–Trinajstić information content (AvgIpc) is 1.98. The number of carboxylic acid groups (broad SMARTS) is 1. The molecule has 1 atom stereocenters. The van der Waals surface area contributed by atoms with E-state index in [1.807, 2.05) is 0 Å². The van der Waals surface area contributed by atoms with Crippen LogP contribution in [0.5, 0.6) is 0 Å². The van der Waals surface area contributed by atoms with Gasteiger partial charge in [0, 0.05) is 13.5 Å². The maximum Gasteiger partial charge on any atom is 0.303 e. The van der Waals surface area contributed by atoms with Crippen LogP contribution in [0.15, 0.2) is 0 Å². The SMILES string of the molecule is [CH2]NC(=O)C(N)CCC(=O)O. The molecule has 0 aromatic heterocycles. The van der Waals surface area contributed by atoms with Crippen LogP contribution in [0.4, 0.5) is 0 Å². The van der Waals surface area contributed by atoms with E-state index in [9.17, 15) is 9.59 Å². The molecule has 0 saturated carbocycles. The maximum absolute atomic E-state index is 10.6. The van der Waals surface area contributed by atoms with Gasteiger partial charge in [0.2, 0.25) is 5.91 Å². The quantitative estimate of drug-likeness (QED) is 0.495. The highest BCUT2D eigenvalue weighted by Crippen LogP contribution is 1.93. The van der Waals surface area contributed by atoms with E-state index in [1.165, 1.54) is 0 Å². The van der Waals surface area contributed by atoms with E-state index in [1.54, 1.807) is 0 Å². The summed E-state index contributed by atoms with van der Waals surface area (Å²) in [6.45, 7) is 0. The number of rotatable bonds is 4. The van der Waals surface area contributed by atoms with Gasteiger partial charge in [-0.3, -0.25) is 9.59 Å². The van der Waals surface area contributed by atoms with Gasteiger partial charge in [0.1, 0.15) is 0 Å². The number of nitrogens with two attached hydrogens (primary N) is 1. The molecule has 1 amide bonds. The van der Waals surface area contributed by atoms with Crippen molar-refractivity contribution in [3.63, 3.8) is 0 Å². The summed E-state index contributed by atoms with van der Waals surface area (Å²) in [6, 6.07) is -0.774. The van der Waals surface area contributed by atoms with Crippen LogP contribution in [0.1, 0.15) is 12.8 Å². The summed E-state index contributed by atoms with van der Waals surface area (Å²) >= 11 is 0. The molecular formula is C6H11N2O3. The molecule has 0 rings (SSSR count). The van der Waals surface area contributed by atoms with E-state index in [4.69, 9.17) is 10.8 Å². The molecule has 0 aliphatic rings. The number of amides is 1. The van der Waals surface area contributed by atoms with E-state index < -0.39 is 17.9 Å².